The molecular formula is C6H12KNO2. The second-order valence-electron chi connectivity index (χ2n) is 2.48. The Morgan fingerprint density at radius 2 is 2.30 bits per heavy atom. The summed E-state index contributed by atoms with van der Waals surface area (Å²) < 4.78 is 0. The van der Waals surface area contributed by atoms with Crippen molar-refractivity contribution in [3.8, 4) is 0 Å². The van der Waals surface area contributed by atoms with E-state index in [-0.39, 0.29) is 57.4 Å². The molecule has 0 radical (unpaired) electrons. The van der Waals surface area contributed by atoms with E-state index in [1.807, 2.05) is 11.9 Å². The van der Waals surface area contributed by atoms with Crippen molar-refractivity contribution in [1.29, 1.82) is 0 Å². The molecule has 1 atom stereocenters. The van der Waals surface area contributed by atoms with Crippen molar-refractivity contribution in [2.45, 2.75) is 18.9 Å². The number of likely N-dealkylation sites (tertiary alicyclic amines) is 1. The van der Waals surface area contributed by atoms with E-state index in [0.29, 0.717) is 0 Å². The van der Waals surface area contributed by atoms with Crippen LogP contribution in [0.15, 0.2) is 0 Å². The summed E-state index contributed by atoms with van der Waals surface area (Å²) in [4.78, 5) is 12.2. The summed E-state index contributed by atoms with van der Waals surface area (Å²) in [5, 5.41) is 8.54. The van der Waals surface area contributed by atoms with Crippen molar-refractivity contribution in [3.05, 3.63) is 0 Å². The summed E-state index contributed by atoms with van der Waals surface area (Å²) in [7, 11) is 1.85. The van der Waals surface area contributed by atoms with E-state index < -0.39 is 5.97 Å². The third-order valence-electron chi connectivity index (χ3n) is 1.81. The molecule has 0 spiro atoms. The normalized spacial score (nSPS) is 25.9. The fraction of sp³-hybridized carbons (Fsp3) is 0.833. The zero-order valence-electron chi connectivity index (χ0n) is 5.50. The molecule has 0 aromatic heterocycles. The predicted molar refractivity (Wildman–Crippen MR) is 40.4 cm³/mol. The van der Waals surface area contributed by atoms with Crippen LogP contribution < -0.4 is 0 Å². The van der Waals surface area contributed by atoms with Gasteiger partial charge in [0.1, 0.15) is 6.04 Å². The summed E-state index contributed by atoms with van der Waals surface area (Å²) in [6.45, 7) is 0.928. The number of likely N-dealkylation sites (N-methyl/N-ethyl adjacent to an activating group) is 1. The Morgan fingerprint density at radius 3 is 2.50 bits per heavy atom. The minimum absolute atomic E-state index is 0. The molecule has 1 fully saturated rings. The maximum absolute atomic E-state index is 10.4. The third-order valence-corrected chi connectivity index (χ3v) is 1.81. The Labute approximate surface area is 103 Å². The first-order chi connectivity index (χ1) is 4.22. The molecule has 10 heavy (non-hydrogen) atoms. The Balaban J connectivity index is 0.000000810. The standard InChI is InChI=1S/C6H11NO2.K.H/c1-7-4-2-3-5(7)6(8)9;;/h5H,2-4H2,1H3,(H,8,9);;/t5-;;/m0../s1. The van der Waals surface area contributed by atoms with Gasteiger partial charge in [-0.25, -0.2) is 0 Å². The van der Waals surface area contributed by atoms with E-state index in [2.05, 4.69) is 0 Å². The van der Waals surface area contributed by atoms with E-state index >= 15 is 0 Å². The average Bonchev–Trinajstić information content (AvgIpc) is 2.13. The van der Waals surface area contributed by atoms with E-state index in [0.717, 1.165) is 19.4 Å². The number of aliphatic carboxylic acids is 1. The van der Waals surface area contributed by atoms with Gasteiger partial charge in [-0.05, 0) is 26.4 Å². The van der Waals surface area contributed by atoms with E-state index in [1.165, 1.54) is 0 Å². The summed E-state index contributed by atoms with van der Waals surface area (Å²) in [5.74, 6) is -0.685. The molecule has 0 bridgehead atoms. The first-order valence-electron chi connectivity index (χ1n) is 3.15. The zero-order valence-corrected chi connectivity index (χ0v) is 5.50. The number of carboxylic acid groups (broad SMARTS) is 1. The van der Waals surface area contributed by atoms with Gasteiger partial charge in [-0.15, -0.1) is 0 Å². The number of nitrogens with zero attached hydrogens (tertiary/aromatic N) is 1. The number of hydrogen-bond acceptors (Lipinski definition) is 2. The van der Waals surface area contributed by atoms with Gasteiger partial charge in [-0.2, -0.15) is 0 Å². The van der Waals surface area contributed by atoms with Gasteiger partial charge in [0.15, 0.2) is 0 Å². The molecule has 1 rings (SSSR count). The Kier molecular flexibility index (Phi) is 5.36. The molecule has 0 aliphatic carbocycles. The molecule has 0 aromatic rings. The fourth-order valence-corrected chi connectivity index (χ4v) is 1.22. The predicted octanol–water partition coefficient (Wildman–Crippen LogP) is -0.483. The van der Waals surface area contributed by atoms with E-state index in [4.69, 9.17) is 5.11 Å². The molecule has 0 amide bonds. The minimum atomic E-state index is -0.685. The first-order valence-corrected chi connectivity index (χ1v) is 3.15. The van der Waals surface area contributed by atoms with Crippen molar-refractivity contribution < 1.29 is 9.90 Å². The first kappa shape index (κ1) is 11.1. The molecule has 4 heteroatoms. The average molecular weight is 169 g/mol. The third kappa shape index (κ3) is 2.60. The van der Waals surface area contributed by atoms with Gasteiger partial charge in [-0.3, -0.25) is 9.69 Å². The Morgan fingerprint density at radius 1 is 1.70 bits per heavy atom. The molecular weight excluding hydrogens is 157 g/mol. The Hall–Kier alpha value is 1.07. The van der Waals surface area contributed by atoms with Crippen molar-refractivity contribution in [2.24, 2.45) is 0 Å². The van der Waals surface area contributed by atoms with Crippen molar-refractivity contribution >= 4 is 57.4 Å². The van der Waals surface area contributed by atoms with E-state index in [1.54, 1.807) is 0 Å². The maximum atomic E-state index is 10.4. The SMILES string of the molecule is CN1CCC[C@H]1C(=O)O.[KH]. The van der Waals surface area contributed by atoms with Crippen LogP contribution in [0.4, 0.5) is 0 Å². The molecule has 1 saturated heterocycles. The van der Waals surface area contributed by atoms with Crippen LogP contribution in [0.5, 0.6) is 0 Å². The topological polar surface area (TPSA) is 40.5 Å². The Bertz CT molecular complexity index is 129. The quantitative estimate of drug-likeness (QED) is 0.539. The number of carboxylic acids is 1. The van der Waals surface area contributed by atoms with Crippen LogP contribution in [-0.2, 0) is 4.79 Å². The van der Waals surface area contributed by atoms with Crippen LogP contribution in [0.1, 0.15) is 12.8 Å². The molecule has 0 unspecified atom stereocenters. The fourth-order valence-electron chi connectivity index (χ4n) is 1.22. The monoisotopic (exact) mass is 169 g/mol. The van der Waals surface area contributed by atoms with Gasteiger partial charge in [0.2, 0.25) is 0 Å². The van der Waals surface area contributed by atoms with Gasteiger partial charge in [0, 0.05) is 0 Å². The molecule has 1 aliphatic heterocycles. The van der Waals surface area contributed by atoms with Gasteiger partial charge >= 0.3 is 57.4 Å². The van der Waals surface area contributed by atoms with Gasteiger partial charge in [0.05, 0.1) is 0 Å². The molecule has 0 saturated carbocycles. The summed E-state index contributed by atoms with van der Waals surface area (Å²) >= 11 is 0. The number of rotatable bonds is 1. The van der Waals surface area contributed by atoms with Crippen LogP contribution in [0, 0.1) is 0 Å². The van der Waals surface area contributed by atoms with Crippen LogP contribution in [0.2, 0.25) is 0 Å². The van der Waals surface area contributed by atoms with Crippen LogP contribution >= 0.6 is 0 Å². The molecule has 1 aliphatic rings. The second kappa shape index (κ2) is 4.85. The summed E-state index contributed by atoms with van der Waals surface area (Å²) in [6, 6.07) is -0.218. The van der Waals surface area contributed by atoms with Gasteiger partial charge in [-0.1, -0.05) is 0 Å². The van der Waals surface area contributed by atoms with Crippen LogP contribution in [-0.4, -0.2) is 87.0 Å². The summed E-state index contributed by atoms with van der Waals surface area (Å²) in [5.41, 5.74) is 0. The van der Waals surface area contributed by atoms with Crippen molar-refractivity contribution in [2.75, 3.05) is 13.6 Å². The molecule has 54 valence electrons. The van der Waals surface area contributed by atoms with Crippen LogP contribution in [0.3, 0.4) is 0 Å². The molecule has 3 nitrogen and oxygen atoms in total. The zero-order chi connectivity index (χ0) is 6.85. The molecule has 1 N–H and O–H groups in total. The summed E-state index contributed by atoms with van der Waals surface area (Å²) in [6.07, 6.45) is 1.83. The van der Waals surface area contributed by atoms with Crippen molar-refractivity contribution in [1.82, 2.24) is 4.90 Å². The van der Waals surface area contributed by atoms with E-state index in [9.17, 15) is 4.79 Å². The van der Waals surface area contributed by atoms with Gasteiger partial charge in [0.25, 0.3) is 0 Å². The number of carbonyl (C=O) groups is 1. The molecule has 0 aromatic carbocycles. The van der Waals surface area contributed by atoms with Crippen LogP contribution in [0.25, 0.3) is 0 Å². The van der Waals surface area contributed by atoms with Gasteiger partial charge < -0.3 is 5.11 Å². The van der Waals surface area contributed by atoms with Crippen molar-refractivity contribution in [3.63, 3.8) is 0 Å². The second-order valence-corrected chi connectivity index (χ2v) is 2.48. The molecule has 1 heterocycles. The number of hydrogen-bond donors (Lipinski definition) is 1.